The average molecular weight is 506 g/mol. The van der Waals surface area contributed by atoms with Gasteiger partial charge in [-0.25, -0.2) is 4.79 Å². The first kappa shape index (κ1) is 25.3. The van der Waals surface area contributed by atoms with Gasteiger partial charge in [0.25, 0.3) is 5.91 Å². The Hall–Kier alpha value is -3.36. The van der Waals surface area contributed by atoms with Crippen LogP contribution in [0.4, 0.5) is 0 Å². The van der Waals surface area contributed by atoms with Crippen LogP contribution >= 0.6 is 0 Å². The second kappa shape index (κ2) is 11.4. The van der Waals surface area contributed by atoms with E-state index in [1.807, 2.05) is 64.9 Å². The highest BCUT2D eigenvalue weighted by molar-refractivity contribution is 5.92. The van der Waals surface area contributed by atoms with Gasteiger partial charge >= 0.3 is 5.69 Å². The van der Waals surface area contributed by atoms with Crippen molar-refractivity contribution in [1.82, 2.24) is 14.5 Å². The van der Waals surface area contributed by atoms with E-state index in [1.165, 1.54) is 0 Å². The van der Waals surface area contributed by atoms with Crippen LogP contribution in [0, 0.1) is 5.92 Å². The number of ether oxygens (including phenoxy) is 2. The number of aromatic nitrogens is 2. The molecule has 2 aliphatic rings. The van der Waals surface area contributed by atoms with E-state index in [2.05, 4.69) is 17.1 Å². The zero-order valence-electron chi connectivity index (χ0n) is 21.2. The Morgan fingerprint density at radius 2 is 1.84 bits per heavy atom. The van der Waals surface area contributed by atoms with E-state index in [4.69, 9.17) is 9.47 Å². The largest absolute Gasteiger partial charge is 0.459 e. The van der Waals surface area contributed by atoms with Crippen LogP contribution in [0.1, 0.15) is 50.1 Å². The van der Waals surface area contributed by atoms with E-state index < -0.39 is 6.29 Å². The van der Waals surface area contributed by atoms with Gasteiger partial charge in [0, 0.05) is 44.2 Å². The van der Waals surface area contributed by atoms with Gasteiger partial charge in [-0.1, -0.05) is 42.5 Å². The number of nitrogens with zero attached hydrogens (tertiary/aromatic N) is 2. The number of imidazole rings is 1. The van der Waals surface area contributed by atoms with Gasteiger partial charge in [-0.2, -0.15) is 0 Å². The Bertz CT molecular complexity index is 1290. The molecule has 2 aliphatic heterocycles. The van der Waals surface area contributed by atoms with Crippen LogP contribution in [0.2, 0.25) is 0 Å². The number of allylic oxidation sites excluding steroid dienone is 1. The molecule has 37 heavy (non-hydrogen) atoms. The van der Waals surface area contributed by atoms with Gasteiger partial charge in [-0.05, 0) is 56.4 Å². The Kier molecular flexibility index (Phi) is 7.76. The Morgan fingerprint density at radius 3 is 2.57 bits per heavy atom. The Morgan fingerprint density at radius 1 is 1.11 bits per heavy atom. The van der Waals surface area contributed by atoms with E-state index in [1.54, 1.807) is 0 Å². The number of rotatable bonds is 8. The third kappa shape index (κ3) is 5.22. The number of aliphatic hydroxyl groups excluding tert-OH is 1. The molecule has 1 fully saturated rings. The molecule has 2 aromatic carbocycles. The number of aromatic amines is 1. The minimum absolute atomic E-state index is 0.00877. The predicted octanol–water partition coefficient (Wildman–Crippen LogP) is 3.94. The number of aliphatic hydroxyl groups is 1. The molecule has 3 aromatic rings. The van der Waals surface area contributed by atoms with Crippen LogP contribution in [0.5, 0.6) is 0 Å². The standard InChI is InChI=1S/C29H35N3O5/c1-2-36-28-22(11-8-18-33)23(20-9-4-3-5-10-20)19-26(37-28)27(34)31-16-14-21(15-17-31)32-25-13-7-6-12-24(25)30-29(32)35/h3-7,9-10,12-13,19,21-23,28,33H,2,8,11,14-18H2,1H3,(H,30,35). The first-order chi connectivity index (χ1) is 18.1. The van der Waals surface area contributed by atoms with E-state index >= 15 is 0 Å². The van der Waals surface area contributed by atoms with E-state index in [0.717, 1.165) is 23.0 Å². The maximum Gasteiger partial charge on any atom is 0.326 e. The molecule has 3 heterocycles. The number of benzene rings is 2. The number of carbonyl (C=O) groups excluding carboxylic acids is 1. The smallest absolute Gasteiger partial charge is 0.326 e. The SMILES string of the molecule is CCOC1OC(C(=O)N2CCC(n3c(=O)[nH]c4ccccc43)CC2)=CC(c2ccccc2)C1CCCO. The molecule has 1 saturated heterocycles. The third-order valence-corrected chi connectivity index (χ3v) is 7.55. The van der Waals surface area contributed by atoms with Gasteiger partial charge < -0.3 is 24.5 Å². The van der Waals surface area contributed by atoms with Crippen molar-refractivity contribution in [3.05, 3.63) is 82.5 Å². The number of carbonyl (C=O) groups is 1. The number of likely N-dealkylation sites (tertiary alicyclic amines) is 1. The summed E-state index contributed by atoms with van der Waals surface area (Å²) in [6.07, 6.45) is 4.12. The van der Waals surface area contributed by atoms with Crippen LogP contribution in [-0.4, -0.2) is 58.1 Å². The minimum atomic E-state index is -0.562. The number of hydrogen-bond donors (Lipinski definition) is 2. The molecule has 8 heteroatoms. The summed E-state index contributed by atoms with van der Waals surface area (Å²) in [5, 5.41) is 9.46. The molecular formula is C29H35N3O5. The van der Waals surface area contributed by atoms with Crippen molar-refractivity contribution in [2.24, 2.45) is 5.92 Å². The monoisotopic (exact) mass is 505 g/mol. The Balaban J connectivity index is 1.35. The number of H-pyrrole nitrogens is 1. The lowest BCUT2D eigenvalue weighted by Gasteiger charge is -2.39. The highest BCUT2D eigenvalue weighted by Gasteiger charge is 2.39. The van der Waals surface area contributed by atoms with Gasteiger partial charge in [0.2, 0.25) is 6.29 Å². The normalized spacial score (nSPS) is 22.6. The van der Waals surface area contributed by atoms with Crippen molar-refractivity contribution in [3.63, 3.8) is 0 Å². The molecule has 3 unspecified atom stereocenters. The lowest BCUT2D eigenvalue weighted by Crippen LogP contribution is -2.44. The van der Waals surface area contributed by atoms with E-state index in [0.29, 0.717) is 44.7 Å². The summed E-state index contributed by atoms with van der Waals surface area (Å²) >= 11 is 0. The summed E-state index contributed by atoms with van der Waals surface area (Å²) in [7, 11) is 0. The molecule has 8 nitrogen and oxygen atoms in total. The quantitative estimate of drug-likeness (QED) is 0.483. The maximum atomic E-state index is 13.6. The molecule has 1 aromatic heterocycles. The molecule has 0 aliphatic carbocycles. The van der Waals surface area contributed by atoms with Gasteiger partial charge in [0.05, 0.1) is 11.0 Å². The van der Waals surface area contributed by atoms with Crippen molar-refractivity contribution in [2.45, 2.75) is 50.9 Å². The molecule has 0 bridgehead atoms. The topological polar surface area (TPSA) is 96.8 Å². The molecule has 3 atom stereocenters. The van der Waals surface area contributed by atoms with Gasteiger partial charge in [0.15, 0.2) is 5.76 Å². The summed E-state index contributed by atoms with van der Waals surface area (Å²) in [5.41, 5.74) is 2.72. The summed E-state index contributed by atoms with van der Waals surface area (Å²) in [6.45, 7) is 3.56. The van der Waals surface area contributed by atoms with Crippen LogP contribution < -0.4 is 5.69 Å². The first-order valence-electron chi connectivity index (χ1n) is 13.2. The highest BCUT2D eigenvalue weighted by Crippen LogP contribution is 2.40. The number of hydrogen-bond acceptors (Lipinski definition) is 5. The van der Waals surface area contributed by atoms with Gasteiger partial charge in [-0.3, -0.25) is 9.36 Å². The van der Waals surface area contributed by atoms with Crippen LogP contribution in [-0.2, 0) is 14.3 Å². The molecule has 5 rings (SSSR count). The second-order valence-corrected chi connectivity index (χ2v) is 9.78. The second-order valence-electron chi connectivity index (χ2n) is 9.78. The molecule has 0 spiro atoms. The van der Waals surface area contributed by atoms with Gasteiger partial charge in [0.1, 0.15) is 0 Å². The average Bonchev–Trinajstić information content (AvgIpc) is 3.28. The molecule has 0 saturated carbocycles. The number of piperidine rings is 1. The van der Waals surface area contributed by atoms with E-state index in [-0.39, 0.29) is 36.1 Å². The summed E-state index contributed by atoms with van der Waals surface area (Å²) < 4.78 is 14.0. The van der Waals surface area contributed by atoms with Crippen molar-refractivity contribution >= 4 is 16.9 Å². The highest BCUT2D eigenvalue weighted by atomic mass is 16.7. The fraction of sp³-hybridized carbons (Fsp3) is 0.448. The zero-order valence-corrected chi connectivity index (χ0v) is 21.2. The lowest BCUT2D eigenvalue weighted by atomic mass is 9.80. The number of amides is 1. The fourth-order valence-corrected chi connectivity index (χ4v) is 5.73. The van der Waals surface area contributed by atoms with Crippen LogP contribution in [0.25, 0.3) is 11.0 Å². The van der Waals surface area contributed by atoms with Crippen LogP contribution in [0.15, 0.2) is 71.2 Å². The van der Waals surface area contributed by atoms with Crippen molar-refractivity contribution < 1.29 is 19.4 Å². The van der Waals surface area contributed by atoms with Crippen molar-refractivity contribution in [3.8, 4) is 0 Å². The third-order valence-electron chi connectivity index (χ3n) is 7.55. The molecule has 196 valence electrons. The van der Waals surface area contributed by atoms with Crippen LogP contribution in [0.3, 0.4) is 0 Å². The molecular weight excluding hydrogens is 470 g/mol. The summed E-state index contributed by atoms with van der Waals surface area (Å²) in [4.78, 5) is 31.0. The minimum Gasteiger partial charge on any atom is -0.459 e. The molecule has 2 N–H and O–H groups in total. The Labute approximate surface area is 216 Å². The summed E-state index contributed by atoms with van der Waals surface area (Å²) in [6, 6.07) is 17.8. The number of para-hydroxylation sites is 2. The molecule has 1 amide bonds. The number of nitrogens with one attached hydrogen (secondary N) is 1. The van der Waals surface area contributed by atoms with Gasteiger partial charge in [-0.15, -0.1) is 0 Å². The molecule has 0 radical (unpaired) electrons. The van der Waals surface area contributed by atoms with Crippen molar-refractivity contribution in [1.29, 1.82) is 0 Å². The number of fused-ring (bicyclic) bond motifs is 1. The van der Waals surface area contributed by atoms with Crippen molar-refractivity contribution in [2.75, 3.05) is 26.3 Å². The zero-order chi connectivity index (χ0) is 25.8. The summed E-state index contributed by atoms with van der Waals surface area (Å²) in [5.74, 6) is 0.107. The fourth-order valence-electron chi connectivity index (χ4n) is 5.73. The maximum absolute atomic E-state index is 13.6. The predicted molar refractivity (Wildman–Crippen MR) is 141 cm³/mol. The lowest BCUT2D eigenvalue weighted by molar-refractivity contribution is -0.170. The van der Waals surface area contributed by atoms with E-state index in [9.17, 15) is 14.7 Å². The first-order valence-corrected chi connectivity index (χ1v) is 13.2.